The van der Waals surface area contributed by atoms with E-state index in [-0.39, 0.29) is 56.2 Å². The summed E-state index contributed by atoms with van der Waals surface area (Å²) in [7, 11) is 0. The molecule has 7 atom stereocenters. The molecule has 4 aliphatic rings. The third-order valence-corrected chi connectivity index (χ3v) is 14.5. The van der Waals surface area contributed by atoms with E-state index < -0.39 is 40.7 Å². The molecule has 13 nitrogen and oxygen atoms in total. The van der Waals surface area contributed by atoms with E-state index in [9.17, 15) is 24.7 Å². The monoisotopic (exact) mass is 979 g/mol. The minimum atomic E-state index is -1.58. The van der Waals surface area contributed by atoms with E-state index in [2.05, 4.69) is 24.8 Å². The number of carbonyl (C=O) groups is 1. The van der Waals surface area contributed by atoms with Crippen LogP contribution in [0.2, 0.25) is 0 Å². The average Bonchev–Trinajstić information content (AvgIpc) is 3.40. The number of nitrogens with zero attached hydrogens (tertiary/aromatic N) is 3. The van der Waals surface area contributed by atoms with Gasteiger partial charge in [-0.05, 0) is 139 Å². The highest BCUT2D eigenvalue weighted by molar-refractivity contribution is 6.03. The zero-order chi connectivity index (χ0) is 50.0. The number of benzene rings is 5. The number of nitro groups is 1. The largest absolute Gasteiger partial charge is 0.459 e. The van der Waals surface area contributed by atoms with Crippen LogP contribution in [0.3, 0.4) is 0 Å². The van der Waals surface area contributed by atoms with E-state index in [4.69, 9.17) is 28.9 Å². The minimum absolute atomic E-state index is 0.00568. The number of nitro benzene ring substituents is 1. The van der Waals surface area contributed by atoms with Crippen LogP contribution < -0.4 is 9.47 Å². The Morgan fingerprint density at radius 3 is 2.40 bits per heavy atom. The average molecular weight is 980 g/mol. The molecule has 2 N–H and O–H groups in total. The lowest BCUT2D eigenvalue weighted by Gasteiger charge is -2.60. The summed E-state index contributed by atoms with van der Waals surface area (Å²) in [6, 6.07) is 31.0. The minimum Gasteiger partial charge on any atom is -0.459 e. The molecule has 0 spiro atoms. The van der Waals surface area contributed by atoms with Gasteiger partial charge in [-0.25, -0.2) is 4.39 Å². The SMILES string of the molecule is C=CCOC12Oc3ccc(Oc4ccc5ccccc5c4)cc3C3C(CCCCO)C(CCCCO)C=C(C(=NOC4CCCCO4)CC1N(Cc1ccc(F)cc1)C(=O)C=Cc1ccc([N+](=O)[O-])cc1)C32. The normalized spacial score (nSPS) is 23.9. The van der Waals surface area contributed by atoms with Crippen molar-refractivity contribution in [2.24, 2.45) is 22.9 Å². The standard InChI is InChI=1S/C58H62FN3O10/c1-2-32-69-58-53(61(38-40-16-22-44(59)23-17-40)54(65)29-20-39-18-24-45(25-19-39)62(66)67)37-51(60-72-55-15-7-10-33-68-55)49-35-43(13-5-8-30-63)48(14-6-9-31-64)56(57(49)58)50-36-47(27-28-52(50)71-58)70-46-26-21-41-11-3-4-12-42(41)34-46/h2-4,11-12,16-29,34-36,43,48,53,55-57,63-64H,1,5-10,13-15,30-33,37-38H2. The number of aliphatic hydroxyl groups is 2. The first-order chi connectivity index (χ1) is 35.2. The number of fused-ring (bicyclic) bond motifs is 3. The van der Waals surface area contributed by atoms with E-state index in [1.165, 1.54) is 30.3 Å². The Morgan fingerprint density at radius 1 is 0.917 bits per heavy atom. The second kappa shape index (κ2) is 23.2. The van der Waals surface area contributed by atoms with Crippen LogP contribution in [0.25, 0.3) is 16.8 Å². The van der Waals surface area contributed by atoms with Crippen molar-refractivity contribution in [3.63, 3.8) is 0 Å². The van der Waals surface area contributed by atoms with Crippen molar-refractivity contribution < 1.29 is 48.1 Å². The van der Waals surface area contributed by atoms with Crippen LogP contribution in [-0.2, 0) is 25.7 Å². The molecule has 1 saturated heterocycles. The number of halogens is 1. The van der Waals surface area contributed by atoms with Crippen LogP contribution in [0.1, 0.15) is 86.8 Å². The number of ether oxygens (including phenoxy) is 4. The summed E-state index contributed by atoms with van der Waals surface area (Å²) in [5.41, 5.74) is 3.51. The summed E-state index contributed by atoms with van der Waals surface area (Å²) in [5.74, 6) is -1.57. The van der Waals surface area contributed by atoms with E-state index in [0.29, 0.717) is 60.0 Å². The highest BCUT2D eigenvalue weighted by Crippen LogP contribution is 2.62. The zero-order valence-corrected chi connectivity index (χ0v) is 40.4. The van der Waals surface area contributed by atoms with E-state index in [0.717, 1.165) is 60.4 Å². The molecule has 2 heterocycles. The van der Waals surface area contributed by atoms with E-state index >= 15 is 4.79 Å². The number of hydrogen-bond donors (Lipinski definition) is 2. The highest BCUT2D eigenvalue weighted by atomic mass is 19.1. The molecule has 1 saturated carbocycles. The molecule has 5 aromatic rings. The molecular formula is C58H62FN3O10. The third-order valence-electron chi connectivity index (χ3n) is 14.5. The van der Waals surface area contributed by atoms with Crippen LogP contribution in [-0.4, -0.2) is 76.2 Å². The maximum Gasteiger partial charge on any atom is 0.269 e. The molecule has 2 aliphatic heterocycles. The maximum atomic E-state index is 15.3. The molecule has 5 aromatic carbocycles. The fraction of sp³-hybridized carbons (Fsp3) is 0.379. The lowest BCUT2D eigenvalue weighted by atomic mass is 9.55. The van der Waals surface area contributed by atoms with Crippen LogP contribution in [0.5, 0.6) is 17.2 Å². The molecule has 72 heavy (non-hydrogen) atoms. The Bertz CT molecular complexity index is 2790. The van der Waals surface area contributed by atoms with Gasteiger partial charge in [0.05, 0.1) is 29.8 Å². The first-order valence-corrected chi connectivity index (χ1v) is 25.2. The molecule has 7 unspecified atom stereocenters. The Labute approximate surface area is 419 Å². The quantitative estimate of drug-likeness (QED) is 0.0238. The molecule has 0 aromatic heterocycles. The van der Waals surface area contributed by atoms with Gasteiger partial charge in [-0.3, -0.25) is 14.9 Å². The summed E-state index contributed by atoms with van der Waals surface area (Å²) in [6.45, 7) is 4.78. The first-order valence-electron chi connectivity index (χ1n) is 25.2. The van der Waals surface area contributed by atoms with Crippen molar-refractivity contribution in [1.29, 1.82) is 0 Å². The molecule has 14 heteroatoms. The predicted octanol–water partition coefficient (Wildman–Crippen LogP) is 11.6. The van der Waals surface area contributed by atoms with Gasteiger partial charge in [0.1, 0.15) is 29.1 Å². The van der Waals surface area contributed by atoms with Crippen molar-refractivity contribution in [3.8, 4) is 17.2 Å². The Morgan fingerprint density at radius 2 is 1.67 bits per heavy atom. The van der Waals surface area contributed by atoms with Crippen LogP contribution in [0, 0.1) is 33.7 Å². The number of aliphatic hydroxyl groups excluding tert-OH is 2. The number of non-ortho nitro benzene ring substituents is 1. The van der Waals surface area contributed by atoms with Crippen LogP contribution in [0.15, 0.2) is 145 Å². The Hall–Kier alpha value is -6.71. The lowest BCUT2D eigenvalue weighted by molar-refractivity contribution is -0.384. The van der Waals surface area contributed by atoms with E-state index in [1.807, 2.05) is 48.5 Å². The summed E-state index contributed by atoms with van der Waals surface area (Å²) >= 11 is 0. The molecule has 9 rings (SSSR count). The van der Waals surface area contributed by atoms with Gasteiger partial charge >= 0.3 is 0 Å². The molecule has 2 fully saturated rings. The number of hydrogen-bond acceptors (Lipinski definition) is 11. The maximum absolute atomic E-state index is 15.3. The second-order valence-corrected chi connectivity index (χ2v) is 19.1. The van der Waals surface area contributed by atoms with Crippen LogP contribution >= 0.6 is 0 Å². The van der Waals surface area contributed by atoms with Gasteiger partial charge in [-0.2, -0.15) is 0 Å². The fourth-order valence-electron chi connectivity index (χ4n) is 11.1. The molecule has 376 valence electrons. The fourth-order valence-corrected chi connectivity index (χ4v) is 11.1. The number of unbranched alkanes of at least 4 members (excludes halogenated alkanes) is 2. The summed E-state index contributed by atoms with van der Waals surface area (Å²) in [5, 5.41) is 38.7. The number of oxime groups is 1. The van der Waals surface area contributed by atoms with Gasteiger partial charge in [-0.15, -0.1) is 6.58 Å². The number of amides is 1. The molecule has 0 bridgehead atoms. The smallest absolute Gasteiger partial charge is 0.269 e. The molecule has 2 aliphatic carbocycles. The highest BCUT2D eigenvalue weighted by Gasteiger charge is 2.65. The zero-order valence-electron chi connectivity index (χ0n) is 40.4. The van der Waals surface area contributed by atoms with Crippen molar-refractivity contribution >= 4 is 34.2 Å². The number of rotatable bonds is 21. The van der Waals surface area contributed by atoms with Gasteiger partial charge in [0, 0.05) is 62.3 Å². The van der Waals surface area contributed by atoms with E-state index in [1.54, 1.807) is 41.3 Å². The van der Waals surface area contributed by atoms with Crippen molar-refractivity contribution in [1.82, 2.24) is 4.90 Å². The Balaban J connectivity index is 1.23. The topological polar surface area (TPSA) is 162 Å². The summed E-state index contributed by atoms with van der Waals surface area (Å²) in [4.78, 5) is 34.3. The van der Waals surface area contributed by atoms with Gasteiger partial charge in [0.25, 0.3) is 5.69 Å². The molecule has 0 radical (unpaired) electrons. The van der Waals surface area contributed by atoms with Crippen molar-refractivity contribution in [2.45, 2.75) is 94.8 Å². The predicted molar refractivity (Wildman–Crippen MR) is 273 cm³/mol. The van der Waals surface area contributed by atoms with Gasteiger partial charge in [0.15, 0.2) is 0 Å². The number of carbonyl (C=O) groups excluding carboxylic acids is 1. The summed E-state index contributed by atoms with van der Waals surface area (Å²) < 4.78 is 41.9. The van der Waals surface area contributed by atoms with Crippen molar-refractivity contribution in [2.75, 3.05) is 26.4 Å². The first kappa shape index (κ1) is 50.2. The third kappa shape index (κ3) is 11.2. The van der Waals surface area contributed by atoms with Crippen molar-refractivity contribution in [3.05, 3.63) is 172 Å². The molecule has 1 amide bonds. The van der Waals surface area contributed by atoms with Gasteiger partial charge in [0.2, 0.25) is 18.0 Å². The van der Waals surface area contributed by atoms with Gasteiger partial charge < -0.3 is 38.9 Å². The second-order valence-electron chi connectivity index (χ2n) is 19.1. The Kier molecular flexibility index (Phi) is 16.2. The summed E-state index contributed by atoms with van der Waals surface area (Å²) in [6.07, 6.45) is 13.3. The molecular weight excluding hydrogens is 918 g/mol. The van der Waals surface area contributed by atoms with Crippen LogP contribution in [0.4, 0.5) is 10.1 Å². The van der Waals surface area contributed by atoms with Gasteiger partial charge in [-0.1, -0.05) is 72.6 Å². The lowest BCUT2D eigenvalue weighted by Crippen LogP contribution is -2.70. The number of allylic oxidation sites excluding steroid dienone is 1.